The SMILES string of the molecule is CNC[C@H](O)COC1CCCCC1. The van der Waals surface area contributed by atoms with Gasteiger partial charge >= 0.3 is 0 Å². The molecule has 0 aromatic carbocycles. The monoisotopic (exact) mass is 187 g/mol. The van der Waals surface area contributed by atoms with Gasteiger partial charge in [-0.1, -0.05) is 19.3 Å². The number of aliphatic hydroxyl groups excluding tert-OH is 1. The van der Waals surface area contributed by atoms with E-state index in [1.54, 1.807) is 0 Å². The van der Waals surface area contributed by atoms with Crippen LogP contribution in [0.1, 0.15) is 32.1 Å². The molecule has 0 unspecified atom stereocenters. The quantitative estimate of drug-likeness (QED) is 0.672. The van der Waals surface area contributed by atoms with Crippen molar-refractivity contribution in [3.63, 3.8) is 0 Å². The maximum Gasteiger partial charge on any atom is 0.0897 e. The maximum atomic E-state index is 9.39. The lowest BCUT2D eigenvalue weighted by Crippen LogP contribution is -2.30. The molecule has 0 aromatic rings. The Bertz CT molecular complexity index is 124. The highest BCUT2D eigenvalue weighted by atomic mass is 16.5. The van der Waals surface area contributed by atoms with Gasteiger partial charge in [-0.2, -0.15) is 0 Å². The van der Waals surface area contributed by atoms with Crippen LogP contribution >= 0.6 is 0 Å². The van der Waals surface area contributed by atoms with Crippen LogP contribution in [0.3, 0.4) is 0 Å². The highest BCUT2D eigenvalue weighted by Gasteiger charge is 2.14. The standard InChI is InChI=1S/C10H21NO2/c1-11-7-9(12)8-13-10-5-3-2-4-6-10/h9-12H,2-8H2,1H3/t9-/m0/s1. The average Bonchev–Trinajstić information content (AvgIpc) is 2.17. The number of likely N-dealkylation sites (N-methyl/N-ethyl adjacent to an activating group) is 1. The Morgan fingerprint density at radius 3 is 2.69 bits per heavy atom. The summed E-state index contributed by atoms with van der Waals surface area (Å²) in [5.74, 6) is 0. The van der Waals surface area contributed by atoms with Crippen LogP contribution in [-0.2, 0) is 4.74 Å². The van der Waals surface area contributed by atoms with E-state index in [0.29, 0.717) is 19.3 Å². The summed E-state index contributed by atoms with van der Waals surface area (Å²) in [6, 6.07) is 0. The zero-order valence-electron chi connectivity index (χ0n) is 8.46. The summed E-state index contributed by atoms with van der Waals surface area (Å²) in [6.07, 6.45) is 6.31. The van der Waals surface area contributed by atoms with E-state index in [-0.39, 0.29) is 6.10 Å². The van der Waals surface area contributed by atoms with Crippen molar-refractivity contribution in [2.45, 2.75) is 44.3 Å². The van der Waals surface area contributed by atoms with Crippen LogP contribution in [0.25, 0.3) is 0 Å². The summed E-state index contributed by atoms with van der Waals surface area (Å²) >= 11 is 0. The summed E-state index contributed by atoms with van der Waals surface area (Å²) in [7, 11) is 1.84. The second-order valence-electron chi connectivity index (χ2n) is 3.80. The minimum Gasteiger partial charge on any atom is -0.389 e. The van der Waals surface area contributed by atoms with Crippen LogP contribution in [0.4, 0.5) is 0 Å². The van der Waals surface area contributed by atoms with Gasteiger partial charge in [0, 0.05) is 6.54 Å². The summed E-state index contributed by atoms with van der Waals surface area (Å²) in [5.41, 5.74) is 0. The van der Waals surface area contributed by atoms with Gasteiger partial charge < -0.3 is 15.2 Å². The Kier molecular flexibility index (Phi) is 5.35. The number of aliphatic hydroxyl groups is 1. The number of hydrogen-bond acceptors (Lipinski definition) is 3. The fourth-order valence-electron chi connectivity index (χ4n) is 1.77. The van der Waals surface area contributed by atoms with E-state index in [1.165, 1.54) is 32.1 Å². The summed E-state index contributed by atoms with van der Waals surface area (Å²) in [5, 5.41) is 12.3. The third-order valence-electron chi connectivity index (χ3n) is 2.52. The molecule has 1 aliphatic rings. The van der Waals surface area contributed by atoms with E-state index < -0.39 is 0 Å². The van der Waals surface area contributed by atoms with E-state index in [2.05, 4.69) is 5.32 Å². The molecular weight excluding hydrogens is 166 g/mol. The van der Waals surface area contributed by atoms with Crippen molar-refractivity contribution in [3.05, 3.63) is 0 Å². The smallest absolute Gasteiger partial charge is 0.0897 e. The average molecular weight is 187 g/mol. The van der Waals surface area contributed by atoms with E-state index in [0.717, 1.165) is 0 Å². The first-order valence-electron chi connectivity index (χ1n) is 5.27. The lowest BCUT2D eigenvalue weighted by molar-refractivity contribution is -0.0224. The van der Waals surface area contributed by atoms with E-state index in [9.17, 15) is 5.11 Å². The van der Waals surface area contributed by atoms with Crippen molar-refractivity contribution < 1.29 is 9.84 Å². The van der Waals surface area contributed by atoms with Gasteiger partial charge in [0.25, 0.3) is 0 Å². The molecule has 3 heteroatoms. The lowest BCUT2D eigenvalue weighted by atomic mass is 9.98. The van der Waals surface area contributed by atoms with Crippen molar-refractivity contribution in [2.75, 3.05) is 20.2 Å². The first kappa shape index (κ1) is 11.0. The van der Waals surface area contributed by atoms with Crippen molar-refractivity contribution in [1.29, 1.82) is 0 Å². The Balaban J connectivity index is 2.03. The second-order valence-corrected chi connectivity index (χ2v) is 3.80. The molecule has 3 nitrogen and oxygen atoms in total. The van der Waals surface area contributed by atoms with Crippen molar-refractivity contribution in [2.24, 2.45) is 0 Å². The molecule has 13 heavy (non-hydrogen) atoms. The molecule has 0 saturated heterocycles. The molecule has 1 atom stereocenters. The van der Waals surface area contributed by atoms with Gasteiger partial charge in [-0.15, -0.1) is 0 Å². The molecule has 0 aliphatic heterocycles. The minimum absolute atomic E-state index is 0.355. The largest absolute Gasteiger partial charge is 0.389 e. The molecule has 1 fully saturated rings. The molecule has 0 heterocycles. The van der Waals surface area contributed by atoms with Gasteiger partial charge in [0.15, 0.2) is 0 Å². The Morgan fingerprint density at radius 1 is 1.38 bits per heavy atom. The van der Waals surface area contributed by atoms with Crippen LogP contribution in [0.2, 0.25) is 0 Å². The van der Waals surface area contributed by atoms with Crippen molar-refractivity contribution in [3.8, 4) is 0 Å². The van der Waals surface area contributed by atoms with E-state index in [1.807, 2.05) is 7.05 Å². The molecule has 0 aromatic heterocycles. The molecule has 78 valence electrons. The molecule has 0 amide bonds. The van der Waals surface area contributed by atoms with Gasteiger partial charge in [0.05, 0.1) is 18.8 Å². The highest BCUT2D eigenvalue weighted by Crippen LogP contribution is 2.20. The van der Waals surface area contributed by atoms with Crippen LogP contribution in [0.15, 0.2) is 0 Å². The fraction of sp³-hybridized carbons (Fsp3) is 1.00. The Labute approximate surface area is 80.5 Å². The zero-order valence-corrected chi connectivity index (χ0v) is 8.46. The van der Waals surface area contributed by atoms with Crippen LogP contribution < -0.4 is 5.32 Å². The second kappa shape index (κ2) is 6.35. The predicted octanol–water partition coefficient (Wildman–Crippen LogP) is 0.916. The lowest BCUT2D eigenvalue weighted by Gasteiger charge is -2.23. The molecule has 1 rings (SSSR count). The summed E-state index contributed by atoms with van der Waals surface area (Å²) in [4.78, 5) is 0. The van der Waals surface area contributed by atoms with Gasteiger partial charge in [0.1, 0.15) is 0 Å². The van der Waals surface area contributed by atoms with Crippen LogP contribution in [-0.4, -0.2) is 37.5 Å². The van der Waals surface area contributed by atoms with Crippen molar-refractivity contribution in [1.82, 2.24) is 5.32 Å². The Morgan fingerprint density at radius 2 is 2.08 bits per heavy atom. The molecule has 1 aliphatic carbocycles. The fourth-order valence-corrected chi connectivity index (χ4v) is 1.77. The van der Waals surface area contributed by atoms with Crippen LogP contribution in [0, 0.1) is 0 Å². The van der Waals surface area contributed by atoms with Gasteiger partial charge in [-0.05, 0) is 19.9 Å². The topological polar surface area (TPSA) is 41.5 Å². The van der Waals surface area contributed by atoms with Gasteiger partial charge in [-0.25, -0.2) is 0 Å². The number of ether oxygens (including phenoxy) is 1. The third-order valence-corrected chi connectivity index (χ3v) is 2.52. The van der Waals surface area contributed by atoms with Gasteiger partial charge in [-0.3, -0.25) is 0 Å². The van der Waals surface area contributed by atoms with E-state index in [4.69, 9.17) is 4.74 Å². The molecule has 0 spiro atoms. The number of nitrogens with one attached hydrogen (secondary N) is 1. The minimum atomic E-state index is -0.355. The summed E-state index contributed by atoms with van der Waals surface area (Å²) in [6.45, 7) is 1.10. The first-order valence-corrected chi connectivity index (χ1v) is 5.27. The molecule has 2 N–H and O–H groups in total. The zero-order chi connectivity index (χ0) is 9.52. The first-order chi connectivity index (χ1) is 6.33. The van der Waals surface area contributed by atoms with Gasteiger partial charge in [0.2, 0.25) is 0 Å². The van der Waals surface area contributed by atoms with Crippen molar-refractivity contribution >= 4 is 0 Å². The number of hydrogen-bond donors (Lipinski definition) is 2. The van der Waals surface area contributed by atoms with Crippen LogP contribution in [0.5, 0.6) is 0 Å². The predicted molar refractivity (Wildman–Crippen MR) is 52.8 cm³/mol. The Hall–Kier alpha value is -0.120. The molecular formula is C10H21NO2. The molecule has 0 radical (unpaired) electrons. The highest BCUT2D eigenvalue weighted by molar-refractivity contribution is 4.66. The molecule has 0 bridgehead atoms. The maximum absolute atomic E-state index is 9.39. The summed E-state index contributed by atoms with van der Waals surface area (Å²) < 4.78 is 5.61. The normalized spacial score (nSPS) is 21.7. The number of rotatable bonds is 5. The molecule has 1 saturated carbocycles. The van der Waals surface area contributed by atoms with E-state index >= 15 is 0 Å². The third kappa shape index (κ3) is 4.60.